The fraction of sp³-hybridized carbons (Fsp3) is 0.615. The Morgan fingerprint density at radius 2 is 2.05 bits per heavy atom. The highest BCUT2D eigenvalue weighted by Crippen LogP contribution is 2.18. The SMILES string of the molecule is Cc1nc(NC(=O)NC(CC(C)C)c2ncnn2C)nn1C. The van der Waals surface area contributed by atoms with Gasteiger partial charge < -0.3 is 5.32 Å². The molecule has 1 unspecified atom stereocenters. The highest BCUT2D eigenvalue weighted by molar-refractivity contribution is 5.87. The van der Waals surface area contributed by atoms with E-state index in [0.29, 0.717) is 11.7 Å². The molecule has 0 aliphatic heterocycles. The van der Waals surface area contributed by atoms with E-state index in [1.54, 1.807) is 23.5 Å². The van der Waals surface area contributed by atoms with Gasteiger partial charge in [0.15, 0.2) is 0 Å². The summed E-state index contributed by atoms with van der Waals surface area (Å²) in [6, 6.07) is -0.587. The third-order valence-electron chi connectivity index (χ3n) is 3.28. The van der Waals surface area contributed by atoms with E-state index in [4.69, 9.17) is 0 Å². The zero-order valence-corrected chi connectivity index (χ0v) is 13.5. The van der Waals surface area contributed by atoms with Crippen LogP contribution in [-0.2, 0) is 14.1 Å². The highest BCUT2D eigenvalue weighted by Gasteiger charge is 2.21. The van der Waals surface area contributed by atoms with Crippen LogP contribution in [0.25, 0.3) is 0 Å². The molecule has 2 N–H and O–H groups in total. The van der Waals surface area contributed by atoms with Crippen LogP contribution in [0.1, 0.15) is 38.0 Å². The van der Waals surface area contributed by atoms with Crippen molar-refractivity contribution in [3.8, 4) is 0 Å². The third kappa shape index (κ3) is 3.80. The Kier molecular flexibility index (Phi) is 4.74. The predicted molar refractivity (Wildman–Crippen MR) is 81.1 cm³/mol. The van der Waals surface area contributed by atoms with E-state index in [1.807, 2.05) is 6.92 Å². The summed E-state index contributed by atoms with van der Waals surface area (Å²) in [4.78, 5) is 20.5. The summed E-state index contributed by atoms with van der Waals surface area (Å²) in [5, 5.41) is 13.7. The summed E-state index contributed by atoms with van der Waals surface area (Å²) < 4.78 is 3.26. The van der Waals surface area contributed by atoms with Crippen LogP contribution in [0.3, 0.4) is 0 Å². The van der Waals surface area contributed by atoms with Crippen LogP contribution in [0.2, 0.25) is 0 Å². The second-order valence-corrected chi connectivity index (χ2v) is 5.63. The van der Waals surface area contributed by atoms with Crippen LogP contribution in [0.15, 0.2) is 6.33 Å². The maximum atomic E-state index is 12.2. The van der Waals surface area contributed by atoms with Crippen molar-refractivity contribution in [1.82, 2.24) is 34.8 Å². The minimum atomic E-state index is -0.362. The van der Waals surface area contributed by atoms with Crippen LogP contribution >= 0.6 is 0 Å². The molecule has 0 spiro atoms. The molecule has 2 amide bonds. The second kappa shape index (κ2) is 6.54. The molecule has 9 heteroatoms. The van der Waals surface area contributed by atoms with Crippen molar-refractivity contribution in [3.05, 3.63) is 18.0 Å². The summed E-state index contributed by atoms with van der Waals surface area (Å²) in [5.41, 5.74) is 0. The van der Waals surface area contributed by atoms with Gasteiger partial charge in [0.1, 0.15) is 18.0 Å². The number of nitrogens with zero attached hydrogens (tertiary/aromatic N) is 6. The lowest BCUT2D eigenvalue weighted by Gasteiger charge is -2.19. The van der Waals surface area contributed by atoms with Gasteiger partial charge in [0.25, 0.3) is 0 Å². The van der Waals surface area contributed by atoms with E-state index in [2.05, 4.69) is 44.6 Å². The zero-order valence-electron chi connectivity index (χ0n) is 13.5. The van der Waals surface area contributed by atoms with Crippen LogP contribution in [-0.4, -0.2) is 35.6 Å². The lowest BCUT2D eigenvalue weighted by atomic mass is 10.0. The van der Waals surface area contributed by atoms with Crippen LogP contribution < -0.4 is 10.6 Å². The van der Waals surface area contributed by atoms with Gasteiger partial charge in [-0.2, -0.15) is 10.1 Å². The van der Waals surface area contributed by atoms with E-state index in [0.717, 1.165) is 12.2 Å². The largest absolute Gasteiger partial charge is 0.328 e. The van der Waals surface area contributed by atoms with E-state index in [-0.39, 0.29) is 18.0 Å². The molecule has 120 valence electrons. The van der Waals surface area contributed by atoms with Crippen molar-refractivity contribution in [2.24, 2.45) is 20.0 Å². The Labute approximate surface area is 129 Å². The van der Waals surface area contributed by atoms with E-state index in [1.165, 1.54) is 6.33 Å². The summed E-state index contributed by atoms with van der Waals surface area (Å²) in [7, 11) is 3.57. The monoisotopic (exact) mass is 306 g/mol. The molecule has 0 aliphatic carbocycles. The first-order valence-electron chi connectivity index (χ1n) is 7.16. The molecule has 9 nitrogen and oxygen atoms in total. The first-order chi connectivity index (χ1) is 10.4. The molecule has 1 atom stereocenters. The summed E-state index contributed by atoms with van der Waals surface area (Å²) >= 11 is 0. The number of hydrogen-bond donors (Lipinski definition) is 2. The fourth-order valence-corrected chi connectivity index (χ4v) is 2.13. The van der Waals surface area contributed by atoms with E-state index in [9.17, 15) is 4.79 Å². The van der Waals surface area contributed by atoms with Gasteiger partial charge in [-0.05, 0) is 19.3 Å². The molecular weight excluding hydrogens is 284 g/mol. The molecule has 0 saturated carbocycles. The topological polar surface area (TPSA) is 103 Å². The maximum Gasteiger partial charge on any atom is 0.322 e. The van der Waals surface area contributed by atoms with Gasteiger partial charge in [0, 0.05) is 14.1 Å². The number of aromatic nitrogens is 6. The number of amides is 2. The lowest BCUT2D eigenvalue weighted by molar-refractivity contribution is 0.245. The van der Waals surface area contributed by atoms with Crippen molar-refractivity contribution < 1.29 is 4.79 Å². The number of carbonyl (C=O) groups excluding carboxylic acids is 1. The number of urea groups is 1. The third-order valence-corrected chi connectivity index (χ3v) is 3.28. The average molecular weight is 306 g/mol. The molecular formula is C13H22N8O. The number of rotatable bonds is 5. The quantitative estimate of drug-likeness (QED) is 0.863. The number of anilines is 1. The van der Waals surface area contributed by atoms with Crippen molar-refractivity contribution >= 4 is 12.0 Å². The lowest BCUT2D eigenvalue weighted by Crippen LogP contribution is -2.35. The molecule has 0 radical (unpaired) electrons. The van der Waals surface area contributed by atoms with Crippen molar-refractivity contribution in [2.45, 2.75) is 33.2 Å². The Morgan fingerprint density at radius 1 is 1.32 bits per heavy atom. The van der Waals surface area contributed by atoms with Crippen LogP contribution in [0.4, 0.5) is 10.7 Å². The summed E-state index contributed by atoms with van der Waals surface area (Å²) in [5.74, 6) is 2.12. The normalized spacial score (nSPS) is 12.5. The number of carbonyl (C=O) groups is 1. The Balaban J connectivity index is 2.06. The fourth-order valence-electron chi connectivity index (χ4n) is 2.13. The first-order valence-corrected chi connectivity index (χ1v) is 7.16. The van der Waals surface area contributed by atoms with Gasteiger partial charge in [-0.15, -0.1) is 5.10 Å². The van der Waals surface area contributed by atoms with Gasteiger partial charge in [-0.3, -0.25) is 14.7 Å². The molecule has 2 aromatic heterocycles. The highest BCUT2D eigenvalue weighted by atomic mass is 16.2. The molecule has 22 heavy (non-hydrogen) atoms. The molecule has 2 rings (SSSR count). The zero-order chi connectivity index (χ0) is 16.3. The molecule has 0 fully saturated rings. The molecule has 2 aromatic rings. The van der Waals surface area contributed by atoms with Gasteiger partial charge in [0.2, 0.25) is 5.95 Å². The minimum Gasteiger partial charge on any atom is -0.328 e. The average Bonchev–Trinajstić information content (AvgIpc) is 2.95. The molecule has 0 aromatic carbocycles. The Bertz CT molecular complexity index is 625. The number of hydrogen-bond acceptors (Lipinski definition) is 5. The van der Waals surface area contributed by atoms with E-state index >= 15 is 0 Å². The van der Waals surface area contributed by atoms with Gasteiger partial charge in [-0.25, -0.2) is 9.78 Å². The standard InChI is InChI=1S/C13H22N8O/c1-8(2)6-10(11-14-7-15-21(11)5)17-13(22)18-12-16-9(3)20(4)19-12/h7-8,10H,6H2,1-5H3,(H2,17,18,19,22). The molecule has 0 bridgehead atoms. The summed E-state index contributed by atoms with van der Waals surface area (Å²) in [6.45, 7) is 6.00. The molecule has 0 aliphatic rings. The van der Waals surface area contributed by atoms with Gasteiger partial charge in [0.05, 0.1) is 6.04 Å². The van der Waals surface area contributed by atoms with Crippen molar-refractivity contribution in [3.63, 3.8) is 0 Å². The van der Waals surface area contributed by atoms with Crippen LogP contribution in [0, 0.1) is 12.8 Å². The smallest absolute Gasteiger partial charge is 0.322 e. The Morgan fingerprint density at radius 3 is 2.55 bits per heavy atom. The maximum absolute atomic E-state index is 12.2. The molecule has 0 saturated heterocycles. The van der Waals surface area contributed by atoms with Gasteiger partial charge in [-0.1, -0.05) is 13.8 Å². The van der Waals surface area contributed by atoms with Gasteiger partial charge >= 0.3 is 6.03 Å². The summed E-state index contributed by atoms with van der Waals surface area (Å²) in [6.07, 6.45) is 2.24. The Hall–Kier alpha value is -2.45. The second-order valence-electron chi connectivity index (χ2n) is 5.63. The number of aryl methyl sites for hydroxylation is 3. The number of nitrogens with one attached hydrogen (secondary N) is 2. The minimum absolute atomic E-state index is 0.225. The van der Waals surface area contributed by atoms with E-state index < -0.39 is 0 Å². The molecule has 2 heterocycles. The van der Waals surface area contributed by atoms with Crippen molar-refractivity contribution in [2.75, 3.05) is 5.32 Å². The van der Waals surface area contributed by atoms with Crippen LogP contribution in [0.5, 0.6) is 0 Å². The first kappa shape index (κ1) is 15.9. The predicted octanol–water partition coefficient (Wildman–Crippen LogP) is 1.16. The van der Waals surface area contributed by atoms with Crippen molar-refractivity contribution in [1.29, 1.82) is 0 Å².